The van der Waals surface area contributed by atoms with Crippen LogP contribution in [0.2, 0.25) is 0 Å². The average molecular weight is 306 g/mol. The quantitative estimate of drug-likeness (QED) is 0.762. The zero-order chi connectivity index (χ0) is 15.9. The van der Waals surface area contributed by atoms with Gasteiger partial charge in [-0.2, -0.15) is 0 Å². The molecule has 0 aliphatic carbocycles. The third-order valence-corrected chi connectivity index (χ3v) is 3.73. The number of hydrogen-bond donors (Lipinski definition) is 1. The van der Waals surface area contributed by atoms with Crippen LogP contribution in [0, 0.1) is 5.82 Å². The third kappa shape index (κ3) is 4.27. The number of carbonyl (C=O) groups excluding carboxylic acids is 1. The number of carbonyl (C=O) groups is 1. The molecule has 1 amide bonds. The highest BCUT2D eigenvalue weighted by Gasteiger charge is 2.10. The van der Waals surface area contributed by atoms with Crippen molar-refractivity contribution >= 4 is 11.6 Å². The van der Waals surface area contributed by atoms with E-state index in [-0.39, 0.29) is 11.7 Å². The van der Waals surface area contributed by atoms with E-state index < -0.39 is 0 Å². The van der Waals surface area contributed by atoms with Gasteiger partial charge in [-0.05, 0) is 44.6 Å². The molecule has 0 saturated heterocycles. The SMILES string of the molecule is CCN(CC)CCCCNC(=O)c1cn2cc(F)ccc2n1. The Labute approximate surface area is 130 Å². The number of aromatic nitrogens is 2. The van der Waals surface area contributed by atoms with Gasteiger partial charge in [0.2, 0.25) is 0 Å². The molecule has 0 fully saturated rings. The molecule has 0 aromatic carbocycles. The first kappa shape index (κ1) is 16.4. The minimum Gasteiger partial charge on any atom is -0.351 e. The summed E-state index contributed by atoms with van der Waals surface area (Å²) in [6, 6.07) is 2.88. The molecule has 0 radical (unpaired) electrons. The van der Waals surface area contributed by atoms with Gasteiger partial charge in [0.05, 0.1) is 0 Å². The zero-order valence-corrected chi connectivity index (χ0v) is 13.2. The normalized spacial score (nSPS) is 11.3. The van der Waals surface area contributed by atoms with E-state index in [0.717, 1.165) is 32.5 Å². The van der Waals surface area contributed by atoms with Gasteiger partial charge in [0.15, 0.2) is 0 Å². The molecule has 120 valence electrons. The number of hydrogen-bond acceptors (Lipinski definition) is 3. The van der Waals surface area contributed by atoms with Crippen LogP contribution in [0.3, 0.4) is 0 Å². The third-order valence-electron chi connectivity index (χ3n) is 3.73. The van der Waals surface area contributed by atoms with Crippen LogP contribution in [-0.2, 0) is 0 Å². The highest BCUT2D eigenvalue weighted by atomic mass is 19.1. The molecule has 5 nitrogen and oxygen atoms in total. The van der Waals surface area contributed by atoms with Crippen molar-refractivity contribution < 1.29 is 9.18 Å². The molecule has 2 aromatic heterocycles. The number of unbranched alkanes of at least 4 members (excludes halogenated alkanes) is 1. The number of nitrogens with zero attached hydrogens (tertiary/aromatic N) is 3. The maximum absolute atomic E-state index is 13.1. The smallest absolute Gasteiger partial charge is 0.271 e. The zero-order valence-electron chi connectivity index (χ0n) is 13.2. The van der Waals surface area contributed by atoms with Crippen LogP contribution < -0.4 is 5.32 Å². The minimum atomic E-state index is -0.353. The van der Waals surface area contributed by atoms with E-state index in [1.807, 2.05) is 0 Å². The van der Waals surface area contributed by atoms with Crippen LogP contribution in [0.1, 0.15) is 37.2 Å². The predicted molar refractivity (Wildman–Crippen MR) is 84.5 cm³/mol. The van der Waals surface area contributed by atoms with Gasteiger partial charge in [0.25, 0.3) is 5.91 Å². The van der Waals surface area contributed by atoms with E-state index in [2.05, 4.69) is 29.0 Å². The van der Waals surface area contributed by atoms with Crippen LogP contribution in [0.15, 0.2) is 24.5 Å². The summed E-state index contributed by atoms with van der Waals surface area (Å²) < 4.78 is 14.6. The fourth-order valence-electron chi connectivity index (χ4n) is 2.37. The van der Waals surface area contributed by atoms with Crippen molar-refractivity contribution in [2.24, 2.45) is 0 Å². The summed E-state index contributed by atoms with van der Waals surface area (Å²) in [4.78, 5) is 18.6. The fourth-order valence-corrected chi connectivity index (χ4v) is 2.37. The van der Waals surface area contributed by atoms with Crippen molar-refractivity contribution in [3.63, 3.8) is 0 Å². The molecular weight excluding hydrogens is 283 g/mol. The van der Waals surface area contributed by atoms with Crippen LogP contribution in [-0.4, -0.2) is 46.4 Å². The second kappa shape index (κ2) is 7.89. The lowest BCUT2D eigenvalue weighted by molar-refractivity contribution is 0.0948. The highest BCUT2D eigenvalue weighted by molar-refractivity contribution is 5.92. The Morgan fingerprint density at radius 2 is 2.05 bits per heavy atom. The second-order valence-electron chi connectivity index (χ2n) is 5.23. The summed E-state index contributed by atoms with van der Waals surface area (Å²) in [6.45, 7) is 8.09. The molecule has 0 aliphatic heterocycles. The van der Waals surface area contributed by atoms with E-state index in [4.69, 9.17) is 0 Å². The monoisotopic (exact) mass is 306 g/mol. The number of nitrogens with one attached hydrogen (secondary N) is 1. The number of halogens is 1. The molecule has 2 aromatic rings. The fraction of sp³-hybridized carbons (Fsp3) is 0.500. The van der Waals surface area contributed by atoms with Crippen molar-refractivity contribution in [2.45, 2.75) is 26.7 Å². The van der Waals surface area contributed by atoms with Gasteiger partial charge in [-0.15, -0.1) is 0 Å². The van der Waals surface area contributed by atoms with Gasteiger partial charge in [0.1, 0.15) is 17.2 Å². The Morgan fingerprint density at radius 1 is 1.27 bits per heavy atom. The molecule has 2 heterocycles. The van der Waals surface area contributed by atoms with Gasteiger partial charge in [-0.25, -0.2) is 9.37 Å². The predicted octanol–water partition coefficient (Wildman–Crippen LogP) is 2.33. The molecule has 2 rings (SSSR count). The van der Waals surface area contributed by atoms with Gasteiger partial charge < -0.3 is 14.6 Å². The van der Waals surface area contributed by atoms with Crippen LogP contribution in [0.5, 0.6) is 0 Å². The lowest BCUT2D eigenvalue weighted by Gasteiger charge is -2.17. The second-order valence-corrected chi connectivity index (χ2v) is 5.23. The van der Waals surface area contributed by atoms with Gasteiger partial charge in [0, 0.05) is 18.9 Å². The van der Waals surface area contributed by atoms with E-state index >= 15 is 0 Å². The Morgan fingerprint density at radius 3 is 2.77 bits per heavy atom. The largest absolute Gasteiger partial charge is 0.351 e. The summed E-state index contributed by atoms with van der Waals surface area (Å²) in [5.74, 6) is -0.569. The molecule has 1 N–H and O–H groups in total. The standard InChI is InChI=1S/C16H23FN4O/c1-3-20(4-2)10-6-5-9-18-16(22)14-12-21-11-13(17)7-8-15(21)19-14/h7-8,11-12H,3-6,9-10H2,1-2H3,(H,18,22). The summed E-state index contributed by atoms with van der Waals surface area (Å²) in [7, 11) is 0. The summed E-state index contributed by atoms with van der Waals surface area (Å²) >= 11 is 0. The Hall–Kier alpha value is -1.95. The Balaban J connectivity index is 1.79. The molecule has 22 heavy (non-hydrogen) atoms. The van der Waals surface area contributed by atoms with Gasteiger partial charge in [-0.1, -0.05) is 13.8 Å². The molecule has 0 unspecified atom stereocenters. The maximum Gasteiger partial charge on any atom is 0.271 e. The molecule has 0 aliphatic rings. The number of imidazole rings is 1. The summed E-state index contributed by atoms with van der Waals surface area (Å²) in [5.41, 5.74) is 0.877. The van der Waals surface area contributed by atoms with Crippen molar-refractivity contribution in [1.29, 1.82) is 0 Å². The Bertz CT molecular complexity index is 622. The first-order valence-electron chi connectivity index (χ1n) is 7.78. The first-order valence-corrected chi connectivity index (χ1v) is 7.78. The van der Waals surface area contributed by atoms with Crippen LogP contribution in [0.4, 0.5) is 4.39 Å². The summed E-state index contributed by atoms with van der Waals surface area (Å²) in [5, 5.41) is 2.86. The van der Waals surface area contributed by atoms with E-state index in [9.17, 15) is 9.18 Å². The first-order chi connectivity index (χ1) is 10.6. The van der Waals surface area contributed by atoms with Crippen molar-refractivity contribution in [3.05, 3.63) is 36.0 Å². The Kier molecular flexibility index (Phi) is 5.89. The van der Waals surface area contributed by atoms with Crippen molar-refractivity contribution in [2.75, 3.05) is 26.2 Å². The topological polar surface area (TPSA) is 49.6 Å². The number of pyridine rings is 1. The molecular formula is C16H23FN4O. The van der Waals surface area contributed by atoms with E-state index in [0.29, 0.717) is 17.9 Å². The lowest BCUT2D eigenvalue weighted by atomic mass is 10.3. The average Bonchev–Trinajstić information content (AvgIpc) is 2.93. The number of fused-ring (bicyclic) bond motifs is 1. The van der Waals surface area contributed by atoms with Crippen LogP contribution >= 0.6 is 0 Å². The molecule has 0 atom stereocenters. The van der Waals surface area contributed by atoms with E-state index in [1.165, 1.54) is 16.7 Å². The lowest BCUT2D eigenvalue weighted by Crippen LogP contribution is -2.27. The van der Waals surface area contributed by atoms with Crippen LogP contribution in [0.25, 0.3) is 5.65 Å². The van der Waals surface area contributed by atoms with Crippen molar-refractivity contribution in [1.82, 2.24) is 19.6 Å². The van der Waals surface area contributed by atoms with Gasteiger partial charge in [-0.3, -0.25) is 4.79 Å². The van der Waals surface area contributed by atoms with E-state index in [1.54, 1.807) is 12.3 Å². The highest BCUT2D eigenvalue weighted by Crippen LogP contribution is 2.07. The summed E-state index contributed by atoms with van der Waals surface area (Å²) in [6.07, 6.45) is 4.84. The minimum absolute atomic E-state index is 0.216. The number of rotatable bonds is 8. The molecule has 6 heteroatoms. The van der Waals surface area contributed by atoms with Gasteiger partial charge >= 0.3 is 0 Å². The molecule has 0 saturated carbocycles. The van der Waals surface area contributed by atoms with Crippen molar-refractivity contribution in [3.8, 4) is 0 Å². The maximum atomic E-state index is 13.1. The molecule has 0 spiro atoms. The number of amides is 1. The molecule has 0 bridgehead atoms.